The SMILES string of the molecule is COc1ccc(Cl)cc1C(O)C1CCN(C(=O)OC(C)(C)C)C1. The molecule has 6 heteroatoms. The first-order valence-electron chi connectivity index (χ1n) is 7.70. The standard InChI is InChI=1S/C17H24ClNO4/c1-17(2,3)23-16(21)19-8-7-11(10-19)15(20)13-9-12(18)5-6-14(13)22-4/h5-6,9,11,15,20H,7-8,10H2,1-4H3. The molecule has 1 amide bonds. The highest BCUT2D eigenvalue weighted by Gasteiger charge is 2.34. The number of hydrogen-bond acceptors (Lipinski definition) is 4. The summed E-state index contributed by atoms with van der Waals surface area (Å²) in [5.41, 5.74) is 0.125. The minimum absolute atomic E-state index is 0.0742. The van der Waals surface area contributed by atoms with Gasteiger partial charge in [0.2, 0.25) is 0 Å². The van der Waals surface area contributed by atoms with Crippen molar-refractivity contribution in [1.29, 1.82) is 0 Å². The summed E-state index contributed by atoms with van der Waals surface area (Å²) in [4.78, 5) is 13.8. The first kappa shape index (κ1) is 17.9. The number of amides is 1. The van der Waals surface area contributed by atoms with E-state index in [1.54, 1.807) is 30.2 Å². The van der Waals surface area contributed by atoms with E-state index in [4.69, 9.17) is 21.1 Å². The van der Waals surface area contributed by atoms with Gasteiger partial charge in [0.25, 0.3) is 0 Å². The third-order valence-corrected chi connectivity index (χ3v) is 4.07. The number of hydrogen-bond donors (Lipinski definition) is 1. The zero-order chi connectivity index (χ0) is 17.2. The number of ether oxygens (including phenoxy) is 2. The molecule has 1 aliphatic rings. The normalized spacial score (nSPS) is 19.6. The van der Waals surface area contributed by atoms with Crippen LogP contribution in [0.3, 0.4) is 0 Å². The molecule has 0 aromatic heterocycles. The van der Waals surface area contributed by atoms with Crippen LogP contribution in [-0.2, 0) is 4.74 Å². The zero-order valence-corrected chi connectivity index (χ0v) is 14.8. The summed E-state index contributed by atoms with van der Waals surface area (Å²) in [5.74, 6) is 0.521. The summed E-state index contributed by atoms with van der Waals surface area (Å²) in [5, 5.41) is 11.2. The lowest BCUT2D eigenvalue weighted by atomic mass is 9.94. The van der Waals surface area contributed by atoms with Gasteiger partial charge in [-0.15, -0.1) is 0 Å². The van der Waals surface area contributed by atoms with Crippen molar-refractivity contribution >= 4 is 17.7 Å². The molecule has 5 nitrogen and oxygen atoms in total. The predicted octanol–water partition coefficient (Wildman–Crippen LogP) is 3.64. The second-order valence-electron chi connectivity index (χ2n) is 6.81. The van der Waals surface area contributed by atoms with E-state index in [0.29, 0.717) is 35.8 Å². The summed E-state index contributed by atoms with van der Waals surface area (Å²) in [6.07, 6.45) is -0.378. The van der Waals surface area contributed by atoms with Gasteiger partial charge < -0.3 is 19.5 Å². The molecule has 0 aliphatic carbocycles. The Kier molecular flexibility index (Phi) is 5.42. The predicted molar refractivity (Wildman–Crippen MR) is 88.9 cm³/mol. The van der Waals surface area contributed by atoms with Crippen LogP contribution in [0.25, 0.3) is 0 Å². The molecule has 23 heavy (non-hydrogen) atoms. The van der Waals surface area contributed by atoms with Crippen molar-refractivity contribution in [2.24, 2.45) is 5.92 Å². The molecular formula is C17H24ClNO4. The minimum Gasteiger partial charge on any atom is -0.496 e. The Labute approximate surface area is 142 Å². The number of rotatable bonds is 3. The third-order valence-electron chi connectivity index (χ3n) is 3.83. The minimum atomic E-state index is -0.740. The monoisotopic (exact) mass is 341 g/mol. The van der Waals surface area contributed by atoms with Crippen LogP contribution >= 0.6 is 11.6 Å². The summed E-state index contributed by atoms with van der Waals surface area (Å²) < 4.78 is 10.7. The number of carbonyl (C=O) groups excluding carboxylic acids is 1. The lowest BCUT2D eigenvalue weighted by Gasteiger charge is -2.25. The molecule has 0 spiro atoms. The Morgan fingerprint density at radius 2 is 2.13 bits per heavy atom. The van der Waals surface area contributed by atoms with Gasteiger partial charge in [-0.1, -0.05) is 11.6 Å². The van der Waals surface area contributed by atoms with Gasteiger partial charge >= 0.3 is 6.09 Å². The van der Waals surface area contributed by atoms with Crippen molar-refractivity contribution in [3.8, 4) is 5.75 Å². The van der Waals surface area contributed by atoms with Crippen LogP contribution in [0.15, 0.2) is 18.2 Å². The molecule has 0 saturated carbocycles. The largest absolute Gasteiger partial charge is 0.496 e. The van der Waals surface area contributed by atoms with E-state index >= 15 is 0 Å². The van der Waals surface area contributed by atoms with Gasteiger partial charge in [0.1, 0.15) is 11.4 Å². The van der Waals surface area contributed by atoms with E-state index in [1.165, 1.54) is 0 Å². The Morgan fingerprint density at radius 1 is 1.43 bits per heavy atom. The van der Waals surface area contributed by atoms with Gasteiger partial charge in [0.05, 0.1) is 13.2 Å². The molecule has 1 N–H and O–H groups in total. The Morgan fingerprint density at radius 3 is 2.74 bits per heavy atom. The quantitative estimate of drug-likeness (QED) is 0.911. The number of methoxy groups -OCH3 is 1. The number of halogens is 1. The van der Waals surface area contributed by atoms with Crippen LogP contribution in [0.4, 0.5) is 4.79 Å². The molecule has 2 atom stereocenters. The molecule has 1 aliphatic heterocycles. The average Bonchev–Trinajstić information content (AvgIpc) is 2.94. The van der Waals surface area contributed by atoms with Crippen molar-refractivity contribution in [3.63, 3.8) is 0 Å². The van der Waals surface area contributed by atoms with Gasteiger partial charge in [-0.2, -0.15) is 0 Å². The second kappa shape index (κ2) is 6.97. The molecule has 128 valence electrons. The Hall–Kier alpha value is -1.46. The molecule has 0 bridgehead atoms. The zero-order valence-electron chi connectivity index (χ0n) is 14.0. The smallest absolute Gasteiger partial charge is 0.410 e. The molecule has 2 rings (SSSR count). The van der Waals surface area contributed by atoms with E-state index in [9.17, 15) is 9.90 Å². The van der Waals surface area contributed by atoms with E-state index in [1.807, 2.05) is 20.8 Å². The number of carbonyl (C=O) groups is 1. The van der Waals surface area contributed by atoms with Crippen molar-refractivity contribution in [2.45, 2.75) is 38.9 Å². The van der Waals surface area contributed by atoms with Crippen LogP contribution in [0.1, 0.15) is 38.9 Å². The lowest BCUT2D eigenvalue weighted by molar-refractivity contribution is 0.0267. The maximum Gasteiger partial charge on any atom is 0.410 e. The van der Waals surface area contributed by atoms with Crippen LogP contribution in [-0.4, -0.2) is 41.9 Å². The molecule has 0 radical (unpaired) electrons. The van der Waals surface area contributed by atoms with Gasteiger partial charge in [-0.05, 0) is 45.4 Å². The van der Waals surface area contributed by atoms with Crippen molar-refractivity contribution in [3.05, 3.63) is 28.8 Å². The fourth-order valence-electron chi connectivity index (χ4n) is 2.73. The van der Waals surface area contributed by atoms with Gasteiger partial charge in [-0.25, -0.2) is 4.79 Å². The van der Waals surface area contributed by atoms with E-state index < -0.39 is 11.7 Å². The Bertz CT molecular complexity index is 570. The lowest BCUT2D eigenvalue weighted by Crippen LogP contribution is -2.35. The topological polar surface area (TPSA) is 59.0 Å². The summed E-state index contributed by atoms with van der Waals surface area (Å²) >= 11 is 6.03. The van der Waals surface area contributed by atoms with Crippen LogP contribution < -0.4 is 4.74 Å². The average molecular weight is 342 g/mol. The van der Waals surface area contributed by atoms with E-state index in [2.05, 4.69) is 0 Å². The highest BCUT2D eigenvalue weighted by atomic mass is 35.5. The van der Waals surface area contributed by atoms with Crippen molar-refractivity contribution in [2.75, 3.05) is 20.2 Å². The molecule has 1 saturated heterocycles. The van der Waals surface area contributed by atoms with E-state index in [0.717, 1.165) is 0 Å². The van der Waals surface area contributed by atoms with Crippen molar-refractivity contribution < 1.29 is 19.4 Å². The maximum atomic E-state index is 12.1. The highest BCUT2D eigenvalue weighted by molar-refractivity contribution is 6.30. The van der Waals surface area contributed by atoms with E-state index in [-0.39, 0.29) is 12.0 Å². The highest BCUT2D eigenvalue weighted by Crippen LogP contribution is 2.36. The number of nitrogens with zero attached hydrogens (tertiary/aromatic N) is 1. The van der Waals surface area contributed by atoms with Gasteiger partial charge in [-0.3, -0.25) is 0 Å². The van der Waals surface area contributed by atoms with Crippen molar-refractivity contribution in [1.82, 2.24) is 4.90 Å². The second-order valence-corrected chi connectivity index (χ2v) is 7.24. The number of benzene rings is 1. The summed E-state index contributed by atoms with van der Waals surface area (Å²) in [6, 6.07) is 5.17. The van der Waals surface area contributed by atoms with Crippen LogP contribution in [0.2, 0.25) is 5.02 Å². The fourth-order valence-corrected chi connectivity index (χ4v) is 2.91. The van der Waals surface area contributed by atoms with Gasteiger partial charge in [0, 0.05) is 29.6 Å². The first-order chi connectivity index (χ1) is 10.7. The summed E-state index contributed by atoms with van der Waals surface area (Å²) in [6.45, 7) is 6.53. The molecular weight excluding hydrogens is 318 g/mol. The molecule has 1 aromatic carbocycles. The molecule has 1 heterocycles. The molecule has 2 unspecified atom stereocenters. The fraction of sp³-hybridized carbons (Fsp3) is 0.588. The summed E-state index contributed by atoms with van der Waals surface area (Å²) in [7, 11) is 1.56. The molecule has 1 fully saturated rings. The van der Waals surface area contributed by atoms with Gasteiger partial charge in [0.15, 0.2) is 0 Å². The first-order valence-corrected chi connectivity index (χ1v) is 8.08. The Balaban J connectivity index is 2.07. The van der Waals surface area contributed by atoms with Crippen LogP contribution in [0.5, 0.6) is 5.75 Å². The number of likely N-dealkylation sites (tertiary alicyclic amines) is 1. The number of aliphatic hydroxyl groups is 1. The number of aliphatic hydroxyl groups excluding tert-OH is 1. The maximum absolute atomic E-state index is 12.1. The molecule has 1 aromatic rings. The third kappa shape index (κ3) is 4.52. The van der Waals surface area contributed by atoms with Crippen LogP contribution in [0, 0.1) is 5.92 Å².